The Labute approximate surface area is 141 Å². The number of hydrogen-bond donors (Lipinski definition) is 2. The van der Waals surface area contributed by atoms with Crippen LogP contribution in [0.15, 0.2) is 30.5 Å². The molecule has 1 fully saturated rings. The number of halogens is 2. The molecule has 1 saturated carbocycles. The van der Waals surface area contributed by atoms with Crippen molar-refractivity contribution in [2.24, 2.45) is 5.92 Å². The standard InChI is InChI=1S/C17H12F2N4O2/c18-9-3-11(19)15-12(4-9)25-7-10-14(15)16(10)23-17(24)22-13-2-1-8(5-20)6-21-13/h1-4,6,10,14,16H,7H2,(H2,21,22,23,24)/t10-,14-,16-/m1/s1. The minimum absolute atomic E-state index is 0.0489. The molecule has 1 aromatic heterocycles. The van der Waals surface area contributed by atoms with Crippen molar-refractivity contribution in [2.45, 2.75) is 12.0 Å². The molecule has 0 saturated heterocycles. The van der Waals surface area contributed by atoms with Crippen LogP contribution < -0.4 is 15.4 Å². The van der Waals surface area contributed by atoms with E-state index in [1.165, 1.54) is 18.3 Å². The molecule has 4 rings (SSSR count). The lowest BCUT2D eigenvalue weighted by Gasteiger charge is -2.16. The van der Waals surface area contributed by atoms with Gasteiger partial charge in [0.15, 0.2) is 0 Å². The topological polar surface area (TPSA) is 87.0 Å². The van der Waals surface area contributed by atoms with Crippen LogP contribution in [-0.4, -0.2) is 23.7 Å². The van der Waals surface area contributed by atoms with Gasteiger partial charge in [-0.15, -0.1) is 0 Å². The van der Waals surface area contributed by atoms with Gasteiger partial charge in [0.2, 0.25) is 0 Å². The summed E-state index contributed by atoms with van der Waals surface area (Å²) in [5, 5.41) is 14.0. The van der Waals surface area contributed by atoms with E-state index in [0.717, 1.165) is 12.1 Å². The minimum atomic E-state index is -0.690. The molecule has 2 heterocycles. The fourth-order valence-electron chi connectivity index (χ4n) is 3.20. The Morgan fingerprint density at radius 1 is 1.36 bits per heavy atom. The number of benzene rings is 1. The monoisotopic (exact) mass is 342 g/mol. The zero-order valence-corrected chi connectivity index (χ0v) is 12.8. The Bertz CT molecular complexity index is 895. The number of urea groups is 1. The van der Waals surface area contributed by atoms with Crippen LogP contribution in [0.3, 0.4) is 0 Å². The molecule has 0 spiro atoms. The Kier molecular flexibility index (Phi) is 3.50. The lowest BCUT2D eigenvalue weighted by atomic mass is 10.0. The van der Waals surface area contributed by atoms with Crippen LogP contribution in [0.1, 0.15) is 17.0 Å². The van der Waals surface area contributed by atoms with E-state index in [2.05, 4.69) is 15.6 Å². The SMILES string of the molecule is N#Cc1ccc(NC(=O)N[C@@H]2[C@@H]3COc4cc(F)cc(F)c4[C@@H]32)nc1. The highest BCUT2D eigenvalue weighted by Gasteiger charge is 2.56. The van der Waals surface area contributed by atoms with Gasteiger partial charge in [-0.1, -0.05) is 0 Å². The first-order valence-corrected chi connectivity index (χ1v) is 7.62. The Balaban J connectivity index is 1.44. The normalized spacial score (nSPS) is 22.7. The summed E-state index contributed by atoms with van der Waals surface area (Å²) >= 11 is 0. The second-order valence-electron chi connectivity index (χ2n) is 5.97. The number of pyridine rings is 1. The Morgan fingerprint density at radius 2 is 2.20 bits per heavy atom. The Hall–Kier alpha value is -3.21. The molecule has 3 atom stereocenters. The van der Waals surface area contributed by atoms with Crippen molar-refractivity contribution < 1.29 is 18.3 Å². The molecular formula is C17H12F2N4O2. The predicted molar refractivity (Wildman–Crippen MR) is 83.0 cm³/mol. The first-order chi connectivity index (χ1) is 12.1. The highest BCUT2D eigenvalue weighted by molar-refractivity contribution is 5.89. The van der Waals surface area contributed by atoms with E-state index in [1.807, 2.05) is 6.07 Å². The molecule has 1 aliphatic carbocycles. The lowest BCUT2D eigenvalue weighted by Crippen LogP contribution is -2.32. The van der Waals surface area contributed by atoms with Gasteiger partial charge in [-0.3, -0.25) is 5.32 Å². The largest absolute Gasteiger partial charge is 0.493 e. The van der Waals surface area contributed by atoms with Crippen LogP contribution >= 0.6 is 0 Å². The molecule has 1 aromatic carbocycles. The zero-order chi connectivity index (χ0) is 17.6. The number of ether oxygens (including phenoxy) is 1. The number of amides is 2. The third-order valence-corrected chi connectivity index (χ3v) is 4.42. The molecule has 126 valence electrons. The van der Waals surface area contributed by atoms with Crippen LogP contribution in [0.4, 0.5) is 19.4 Å². The average molecular weight is 342 g/mol. The van der Waals surface area contributed by atoms with Gasteiger partial charge in [0.05, 0.1) is 12.2 Å². The van der Waals surface area contributed by atoms with Crippen LogP contribution in [-0.2, 0) is 0 Å². The number of carbonyl (C=O) groups excluding carboxylic acids is 1. The summed E-state index contributed by atoms with van der Waals surface area (Å²) in [6.07, 6.45) is 1.35. The molecule has 6 nitrogen and oxygen atoms in total. The van der Waals surface area contributed by atoms with E-state index in [1.54, 1.807) is 0 Å². The summed E-state index contributed by atoms with van der Waals surface area (Å²) in [5.74, 6) is -1.15. The first kappa shape index (κ1) is 15.3. The summed E-state index contributed by atoms with van der Waals surface area (Å²) in [5.41, 5.74) is 0.690. The highest BCUT2D eigenvalue weighted by atomic mass is 19.1. The maximum Gasteiger partial charge on any atom is 0.320 e. The summed E-state index contributed by atoms with van der Waals surface area (Å²) < 4.78 is 32.7. The van der Waals surface area contributed by atoms with E-state index >= 15 is 0 Å². The highest BCUT2D eigenvalue weighted by Crippen LogP contribution is 2.54. The quantitative estimate of drug-likeness (QED) is 0.878. The molecule has 0 unspecified atom stereocenters. The molecular weight excluding hydrogens is 330 g/mol. The molecule has 1 aliphatic heterocycles. The molecule has 2 N–H and O–H groups in total. The molecule has 0 bridgehead atoms. The third-order valence-electron chi connectivity index (χ3n) is 4.42. The first-order valence-electron chi connectivity index (χ1n) is 7.62. The van der Waals surface area contributed by atoms with Gasteiger partial charge in [0.1, 0.15) is 29.3 Å². The number of fused-ring (bicyclic) bond motifs is 3. The molecule has 2 aromatic rings. The average Bonchev–Trinajstić information content (AvgIpc) is 3.27. The van der Waals surface area contributed by atoms with Gasteiger partial charge in [-0.25, -0.2) is 18.6 Å². The number of nitriles is 1. The zero-order valence-electron chi connectivity index (χ0n) is 12.8. The van der Waals surface area contributed by atoms with E-state index in [0.29, 0.717) is 23.6 Å². The van der Waals surface area contributed by atoms with Crippen LogP contribution in [0, 0.1) is 28.9 Å². The summed E-state index contributed by atoms with van der Waals surface area (Å²) in [4.78, 5) is 16.0. The summed E-state index contributed by atoms with van der Waals surface area (Å²) in [7, 11) is 0. The predicted octanol–water partition coefficient (Wildman–Crippen LogP) is 2.53. The molecule has 0 radical (unpaired) electrons. The van der Waals surface area contributed by atoms with Crippen LogP contribution in [0.25, 0.3) is 0 Å². The van der Waals surface area contributed by atoms with Crippen molar-refractivity contribution in [1.82, 2.24) is 10.3 Å². The van der Waals surface area contributed by atoms with Crippen molar-refractivity contribution in [3.8, 4) is 11.8 Å². The van der Waals surface area contributed by atoms with Gasteiger partial charge >= 0.3 is 6.03 Å². The molecule has 2 amide bonds. The maximum atomic E-state index is 14.1. The van der Waals surface area contributed by atoms with E-state index in [-0.39, 0.29) is 23.6 Å². The van der Waals surface area contributed by atoms with E-state index in [9.17, 15) is 13.6 Å². The smallest absolute Gasteiger partial charge is 0.320 e. The number of anilines is 1. The fourth-order valence-corrected chi connectivity index (χ4v) is 3.20. The van der Waals surface area contributed by atoms with Crippen molar-refractivity contribution in [3.05, 3.63) is 53.2 Å². The van der Waals surface area contributed by atoms with Crippen LogP contribution in [0.2, 0.25) is 0 Å². The number of aromatic nitrogens is 1. The number of nitrogens with zero attached hydrogens (tertiary/aromatic N) is 2. The molecule has 8 heteroatoms. The maximum absolute atomic E-state index is 14.1. The second-order valence-corrected chi connectivity index (χ2v) is 5.97. The summed E-state index contributed by atoms with van der Waals surface area (Å²) in [6.45, 7) is 0.292. The number of nitrogens with one attached hydrogen (secondary N) is 2. The van der Waals surface area contributed by atoms with E-state index in [4.69, 9.17) is 10.00 Å². The molecule has 2 aliphatic rings. The van der Waals surface area contributed by atoms with Gasteiger partial charge in [-0.05, 0) is 12.1 Å². The number of rotatable bonds is 2. The second kappa shape index (κ2) is 5.70. The number of hydrogen-bond acceptors (Lipinski definition) is 4. The molecule has 25 heavy (non-hydrogen) atoms. The summed E-state index contributed by atoms with van der Waals surface area (Å²) in [6, 6.07) is 6.18. The minimum Gasteiger partial charge on any atom is -0.493 e. The van der Waals surface area contributed by atoms with E-state index < -0.39 is 17.7 Å². The lowest BCUT2D eigenvalue weighted by molar-refractivity contribution is 0.249. The fraction of sp³-hybridized carbons (Fsp3) is 0.235. The third kappa shape index (κ3) is 2.74. The van der Waals surface area contributed by atoms with Crippen molar-refractivity contribution >= 4 is 11.8 Å². The van der Waals surface area contributed by atoms with Crippen molar-refractivity contribution in [3.63, 3.8) is 0 Å². The van der Waals surface area contributed by atoms with Gasteiger partial charge in [-0.2, -0.15) is 5.26 Å². The van der Waals surface area contributed by atoms with Crippen molar-refractivity contribution in [2.75, 3.05) is 11.9 Å². The van der Waals surface area contributed by atoms with Gasteiger partial charge in [0, 0.05) is 41.8 Å². The number of carbonyl (C=O) groups is 1. The van der Waals surface area contributed by atoms with Crippen LogP contribution in [0.5, 0.6) is 5.75 Å². The van der Waals surface area contributed by atoms with Gasteiger partial charge < -0.3 is 10.1 Å². The van der Waals surface area contributed by atoms with Gasteiger partial charge in [0.25, 0.3) is 0 Å². The Morgan fingerprint density at radius 3 is 2.92 bits per heavy atom. The van der Waals surface area contributed by atoms with Crippen molar-refractivity contribution in [1.29, 1.82) is 5.26 Å².